The third kappa shape index (κ3) is 2.47. The molecule has 0 aliphatic carbocycles. The maximum atomic E-state index is 5.52. The molecule has 0 bridgehead atoms. The summed E-state index contributed by atoms with van der Waals surface area (Å²) in [7, 11) is 0. The number of hydrogen-bond acceptors (Lipinski definition) is 4. The third-order valence-corrected chi connectivity index (χ3v) is 1.36. The fourth-order valence-corrected chi connectivity index (χ4v) is 0.935. The smallest absolute Gasteiger partial charge is 0.128 e. The summed E-state index contributed by atoms with van der Waals surface area (Å²) in [5, 5.41) is 0. The molecule has 1 aromatic heterocycles. The first-order valence-electron chi connectivity index (χ1n) is 3.90. The molecule has 0 saturated heterocycles. The van der Waals surface area contributed by atoms with Gasteiger partial charge in [-0.2, -0.15) is 0 Å². The van der Waals surface area contributed by atoms with Gasteiger partial charge in [-0.3, -0.25) is 0 Å². The van der Waals surface area contributed by atoms with Crippen molar-refractivity contribution in [3.63, 3.8) is 0 Å². The van der Waals surface area contributed by atoms with Gasteiger partial charge in [-0.05, 0) is 13.8 Å². The molecule has 0 aliphatic heterocycles. The van der Waals surface area contributed by atoms with Gasteiger partial charge in [-0.25, -0.2) is 9.97 Å². The van der Waals surface area contributed by atoms with Crippen LogP contribution in [0.15, 0.2) is 6.07 Å². The first-order valence-corrected chi connectivity index (χ1v) is 3.90. The summed E-state index contributed by atoms with van der Waals surface area (Å²) in [6, 6.07) is 1.72. The Hall–Kier alpha value is -1.16. The highest BCUT2D eigenvalue weighted by atomic mass is 16.5. The van der Waals surface area contributed by atoms with Gasteiger partial charge in [0.1, 0.15) is 11.6 Å². The summed E-state index contributed by atoms with van der Waals surface area (Å²) in [5.74, 6) is 1.18. The minimum Gasteiger partial charge on any atom is -0.384 e. The molecule has 0 saturated carbocycles. The number of aromatic nitrogens is 2. The van der Waals surface area contributed by atoms with Crippen LogP contribution < -0.4 is 5.73 Å². The van der Waals surface area contributed by atoms with E-state index >= 15 is 0 Å². The zero-order valence-corrected chi connectivity index (χ0v) is 7.37. The predicted molar refractivity (Wildman–Crippen MR) is 46.5 cm³/mol. The van der Waals surface area contributed by atoms with Crippen LogP contribution in [0.1, 0.15) is 18.4 Å². The van der Waals surface area contributed by atoms with Crippen LogP contribution in [0.2, 0.25) is 0 Å². The average Bonchev–Trinajstić information content (AvgIpc) is 1.99. The lowest BCUT2D eigenvalue weighted by Gasteiger charge is -2.02. The number of aryl methyl sites for hydroxylation is 1. The molecule has 0 unspecified atom stereocenters. The second-order valence-corrected chi connectivity index (χ2v) is 2.47. The van der Waals surface area contributed by atoms with Crippen LogP contribution in [0.5, 0.6) is 0 Å². The van der Waals surface area contributed by atoms with Crippen LogP contribution in [0.3, 0.4) is 0 Å². The normalized spacial score (nSPS) is 10.2. The molecule has 0 aliphatic rings. The average molecular weight is 167 g/mol. The maximum absolute atomic E-state index is 5.52. The van der Waals surface area contributed by atoms with Crippen LogP contribution in [0.4, 0.5) is 5.82 Å². The van der Waals surface area contributed by atoms with Crippen LogP contribution in [0, 0.1) is 6.92 Å². The number of rotatable bonds is 3. The molecule has 0 atom stereocenters. The van der Waals surface area contributed by atoms with E-state index < -0.39 is 0 Å². The summed E-state index contributed by atoms with van der Waals surface area (Å²) in [6.07, 6.45) is 0. The number of nitrogens with two attached hydrogens (primary N) is 1. The molecule has 4 nitrogen and oxygen atoms in total. The Kier molecular flexibility index (Phi) is 2.99. The van der Waals surface area contributed by atoms with Crippen LogP contribution in [0.25, 0.3) is 0 Å². The standard InChI is InChI=1S/C8H13N3O/c1-3-12-5-7-4-8(9)11-6(2)10-7/h4H,3,5H2,1-2H3,(H2,9,10,11). The molecule has 12 heavy (non-hydrogen) atoms. The van der Waals surface area contributed by atoms with Crippen molar-refractivity contribution in [2.45, 2.75) is 20.5 Å². The van der Waals surface area contributed by atoms with Gasteiger partial charge in [0.2, 0.25) is 0 Å². The van der Waals surface area contributed by atoms with Gasteiger partial charge >= 0.3 is 0 Å². The third-order valence-electron chi connectivity index (χ3n) is 1.36. The minimum absolute atomic E-state index is 0.497. The first kappa shape index (κ1) is 8.93. The Morgan fingerprint density at radius 1 is 1.50 bits per heavy atom. The molecule has 2 N–H and O–H groups in total. The zero-order chi connectivity index (χ0) is 8.97. The molecule has 0 fully saturated rings. The van der Waals surface area contributed by atoms with E-state index in [9.17, 15) is 0 Å². The molecule has 1 heterocycles. The lowest BCUT2D eigenvalue weighted by Crippen LogP contribution is -2.01. The van der Waals surface area contributed by atoms with Crippen molar-refractivity contribution in [3.8, 4) is 0 Å². The summed E-state index contributed by atoms with van der Waals surface area (Å²) in [4.78, 5) is 8.11. The van der Waals surface area contributed by atoms with E-state index in [1.165, 1.54) is 0 Å². The largest absolute Gasteiger partial charge is 0.384 e. The number of hydrogen-bond donors (Lipinski definition) is 1. The summed E-state index contributed by atoms with van der Waals surface area (Å²) in [5.41, 5.74) is 6.36. The van der Waals surface area contributed by atoms with Crippen molar-refractivity contribution < 1.29 is 4.74 Å². The van der Waals surface area contributed by atoms with E-state index in [0.717, 1.165) is 5.69 Å². The van der Waals surface area contributed by atoms with Gasteiger partial charge in [0.05, 0.1) is 12.3 Å². The Labute approximate surface area is 71.8 Å². The van der Waals surface area contributed by atoms with E-state index in [1.807, 2.05) is 13.8 Å². The van der Waals surface area contributed by atoms with Crippen molar-refractivity contribution in [1.29, 1.82) is 0 Å². The van der Waals surface area contributed by atoms with E-state index in [4.69, 9.17) is 10.5 Å². The Balaban J connectivity index is 2.72. The number of ether oxygens (including phenoxy) is 1. The highest BCUT2D eigenvalue weighted by Gasteiger charge is 1.97. The summed E-state index contributed by atoms with van der Waals surface area (Å²) in [6.45, 7) is 4.94. The lowest BCUT2D eigenvalue weighted by molar-refractivity contribution is 0.131. The molecule has 1 rings (SSSR count). The monoisotopic (exact) mass is 167 g/mol. The number of nitrogens with zero attached hydrogens (tertiary/aromatic N) is 2. The van der Waals surface area contributed by atoms with Crippen molar-refractivity contribution >= 4 is 5.82 Å². The second kappa shape index (κ2) is 4.01. The van der Waals surface area contributed by atoms with Crippen LogP contribution in [-0.4, -0.2) is 16.6 Å². The SMILES string of the molecule is CCOCc1cc(N)nc(C)n1. The highest BCUT2D eigenvalue weighted by molar-refractivity contribution is 5.29. The fourth-order valence-electron chi connectivity index (χ4n) is 0.935. The molecule has 1 aromatic rings. The van der Waals surface area contributed by atoms with Crippen molar-refractivity contribution in [1.82, 2.24) is 9.97 Å². The van der Waals surface area contributed by atoms with Gasteiger partial charge < -0.3 is 10.5 Å². The Morgan fingerprint density at radius 3 is 2.83 bits per heavy atom. The molecular formula is C8H13N3O. The van der Waals surface area contributed by atoms with Crippen molar-refractivity contribution in [3.05, 3.63) is 17.6 Å². The summed E-state index contributed by atoms with van der Waals surface area (Å²) < 4.78 is 5.18. The summed E-state index contributed by atoms with van der Waals surface area (Å²) >= 11 is 0. The van der Waals surface area contributed by atoms with E-state index in [1.54, 1.807) is 6.07 Å². The quantitative estimate of drug-likeness (QED) is 0.726. The van der Waals surface area contributed by atoms with Crippen molar-refractivity contribution in [2.24, 2.45) is 0 Å². The van der Waals surface area contributed by atoms with Crippen LogP contribution >= 0.6 is 0 Å². The van der Waals surface area contributed by atoms with E-state index in [2.05, 4.69) is 9.97 Å². The molecule has 0 spiro atoms. The highest BCUT2D eigenvalue weighted by Crippen LogP contribution is 2.03. The lowest BCUT2D eigenvalue weighted by atomic mass is 10.4. The van der Waals surface area contributed by atoms with Crippen molar-refractivity contribution in [2.75, 3.05) is 12.3 Å². The predicted octanol–water partition coefficient (Wildman–Crippen LogP) is 0.904. The minimum atomic E-state index is 0.497. The molecule has 0 amide bonds. The molecule has 0 aromatic carbocycles. The van der Waals surface area contributed by atoms with Gasteiger partial charge in [0.15, 0.2) is 0 Å². The fraction of sp³-hybridized carbons (Fsp3) is 0.500. The maximum Gasteiger partial charge on any atom is 0.128 e. The Morgan fingerprint density at radius 2 is 2.25 bits per heavy atom. The molecule has 0 radical (unpaired) electrons. The number of nitrogen functional groups attached to an aromatic ring is 1. The van der Waals surface area contributed by atoms with E-state index in [-0.39, 0.29) is 0 Å². The van der Waals surface area contributed by atoms with Gasteiger partial charge in [-0.1, -0.05) is 0 Å². The molecule has 66 valence electrons. The first-order chi connectivity index (χ1) is 5.72. The number of anilines is 1. The van der Waals surface area contributed by atoms with Gasteiger partial charge in [0.25, 0.3) is 0 Å². The molecule has 4 heteroatoms. The van der Waals surface area contributed by atoms with Gasteiger partial charge in [0, 0.05) is 12.7 Å². The zero-order valence-electron chi connectivity index (χ0n) is 7.37. The topological polar surface area (TPSA) is 61.0 Å². The van der Waals surface area contributed by atoms with Crippen LogP contribution in [-0.2, 0) is 11.3 Å². The molecular weight excluding hydrogens is 154 g/mol. The van der Waals surface area contributed by atoms with E-state index in [0.29, 0.717) is 24.9 Å². The van der Waals surface area contributed by atoms with Gasteiger partial charge in [-0.15, -0.1) is 0 Å². The Bertz CT molecular complexity index is 242. The second-order valence-electron chi connectivity index (χ2n) is 2.47.